The van der Waals surface area contributed by atoms with Gasteiger partial charge in [-0.25, -0.2) is 0 Å². The molecule has 0 aliphatic heterocycles. The molecule has 2 nitrogen and oxygen atoms in total. The fraction of sp³-hybridized carbons (Fsp3) is 0.259. The van der Waals surface area contributed by atoms with Gasteiger partial charge in [0.05, 0.1) is 27.5 Å². The third-order valence-corrected chi connectivity index (χ3v) is 16.0. The third-order valence-electron chi connectivity index (χ3n) is 12.0. The largest absolute Gasteiger partial charge is 0.310 e. The van der Waals surface area contributed by atoms with Gasteiger partial charge in [-0.3, -0.25) is 0 Å². The van der Waals surface area contributed by atoms with Gasteiger partial charge in [0.25, 0.3) is 0 Å². The molecule has 8 aromatic carbocycles. The fourth-order valence-electron chi connectivity index (χ4n) is 8.80. The van der Waals surface area contributed by atoms with E-state index in [-0.39, 0.29) is 10.8 Å². The molecule has 0 amide bonds. The molecule has 0 radical (unpaired) electrons. The maximum absolute atomic E-state index is 2.55. The normalized spacial score (nSPS) is 12.8. The molecule has 0 spiro atoms. The molecule has 0 atom stereocenters. The second kappa shape index (κ2) is 14.3. The summed E-state index contributed by atoms with van der Waals surface area (Å²) >= 11 is 0. The van der Waals surface area contributed by atoms with Gasteiger partial charge in [0.2, 0.25) is 0 Å². The van der Waals surface area contributed by atoms with Crippen molar-refractivity contribution in [3.63, 3.8) is 0 Å². The highest BCUT2D eigenvalue weighted by molar-refractivity contribution is 6.91. The standard InChI is InChI=1S/C54H60N2Si2/c1-53(2,3)37-23-27-41(28-24-37)55(39-19-15-13-16-20-39)47-35-49(57(7,8)9)45-33-34-46-50(58(10,11)12)36-48(44-32-31-43(47)51(45)52(44)46)56(40-21-17-14-18-22-40)42-29-25-38(26-30-42)54(4,5)6/h13-36H,1-12H3. The number of hydrogen-bond donors (Lipinski definition) is 0. The van der Waals surface area contributed by atoms with Gasteiger partial charge in [0, 0.05) is 33.5 Å². The van der Waals surface area contributed by atoms with E-state index in [0.717, 1.165) is 0 Å². The summed E-state index contributed by atoms with van der Waals surface area (Å²) in [7, 11) is -3.76. The summed E-state index contributed by atoms with van der Waals surface area (Å²) in [4.78, 5) is 5.02. The molecule has 8 rings (SSSR count). The lowest BCUT2D eigenvalue weighted by Crippen LogP contribution is -2.39. The van der Waals surface area contributed by atoms with Gasteiger partial charge >= 0.3 is 0 Å². The Morgan fingerprint density at radius 2 is 0.638 bits per heavy atom. The first-order valence-electron chi connectivity index (χ1n) is 21.0. The predicted molar refractivity (Wildman–Crippen MR) is 263 cm³/mol. The Morgan fingerprint density at radius 1 is 0.345 bits per heavy atom. The SMILES string of the molecule is CC(C)(C)c1ccc(N(c2ccccc2)c2cc([Si](C)(C)C)c3ccc4c([Si](C)(C)C)cc(N(c5ccccc5)c5ccc(C(C)(C)C)cc5)c5ccc2c3c54)cc1. The lowest BCUT2D eigenvalue weighted by molar-refractivity contribution is 0.590. The van der Waals surface area contributed by atoms with Crippen molar-refractivity contribution in [1.82, 2.24) is 0 Å². The van der Waals surface area contributed by atoms with Crippen LogP contribution in [0.15, 0.2) is 146 Å². The van der Waals surface area contributed by atoms with Crippen LogP contribution in [0.5, 0.6) is 0 Å². The van der Waals surface area contributed by atoms with E-state index in [2.05, 4.69) is 236 Å². The molecule has 0 saturated carbocycles. The summed E-state index contributed by atoms with van der Waals surface area (Å²) in [6, 6.07) is 55.4. The molecule has 8 aromatic rings. The zero-order valence-electron chi connectivity index (χ0n) is 36.8. The Bertz CT molecular complexity index is 2530. The topological polar surface area (TPSA) is 6.48 Å². The van der Waals surface area contributed by atoms with Crippen LogP contribution in [-0.4, -0.2) is 16.1 Å². The van der Waals surface area contributed by atoms with Crippen molar-refractivity contribution in [3.05, 3.63) is 157 Å². The van der Waals surface area contributed by atoms with E-state index in [0.29, 0.717) is 0 Å². The van der Waals surface area contributed by atoms with Crippen LogP contribution >= 0.6 is 0 Å². The second-order valence-electron chi connectivity index (χ2n) is 20.4. The van der Waals surface area contributed by atoms with Crippen molar-refractivity contribution in [1.29, 1.82) is 0 Å². The number of nitrogens with zero attached hydrogens (tertiary/aromatic N) is 2. The van der Waals surface area contributed by atoms with Gasteiger partial charge in [-0.2, -0.15) is 0 Å². The molecule has 58 heavy (non-hydrogen) atoms. The van der Waals surface area contributed by atoms with Crippen LogP contribution in [0.1, 0.15) is 52.7 Å². The average molecular weight is 793 g/mol. The van der Waals surface area contributed by atoms with E-state index in [9.17, 15) is 0 Å². The predicted octanol–water partition coefficient (Wildman–Crippen LogP) is 15.2. The molecule has 0 aliphatic carbocycles. The molecule has 4 heteroatoms. The Kier molecular flexibility index (Phi) is 9.77. The number of hydrogen-bond acceptors (Lipinski definition) is 2. The van der Waals surface area contributed by atoms with E-state index >= 15 is 0 Å². The van der Waals surface area contributed by atoms with Crippen LogP contribution in [0, 0.1) is 0 Å². The highest BCUT2D eigenvalue weighted by Crippen LogP contribution is 2.48. The van der Waals surface area contributed by atoms with Crippen molar-refractivity contribution in [3.8, 4) is 0 Å². The molecule has 0 aromatic heterocycles. The molecule has 0 aliphatic rings. The lowest BCUT2D eigenvalue weighted by atomic mass is 9.87. The monoisotopic (exact) mass is 792 g/mol. The van der Waals surface area contributed by atoms with E-state index in [1.165, 1.54) is 87.9 Å². The summed E-state index contributed by atoms with van der Waals surface area (Å²) in [5, 5.41) is 11.1. The summed E-state index contributed by atoms with van der Waals surface area (Å²) in [6.07, 6.45) is 0. The number of benzene rings is 8. The first-order valence-corrected chi connectivity index (χ1v) is 28.0. The number of para-hydroxylation sites is 2. The van der Waals surface area contributed by atoms with E-state index in [4.69, 9.17) is 0 Å². The van der Waals surface area contributed by atoms with Gasteiger partial charge in [-0.05, 0) is 104 Å². The molecular formula is C54H60N2Si2. The molecular weight excluding hydrogens is 733 g/mol. The lowest BCUT2D eigenvalue weighted by Gasteiger charge is -2.33. The van der Waals surface area contributed by atoms with Crippen LogP contribution in [0.25, 0.3) is 32.3 Å². The Hall–Kier alpha value is -5.17. The first-order chi connectivity index (χ1) is 27.3. The Labute approximate surface area is 349 Å². The van der Waals surface area contributed by atoms with Crippen LogP contribution in [0.4, 0.5) is 34.1 Å². The number of anilines is 6. The first kappa shape index (κ1) is 39.7. The zero-order chi connectivity index (χ0) is 41.4. The van der Waals surface area contributed by atoms with Crippen molar-refractivity contribution in [2.24, 2.45) is 0 Å². The van der Waals surface area contributed by atoms with Gasteiger partial charge in [-0.15, -0.1) is 0 Å². The summed E-state index contributed by atoms with van der Waals surface area (Å²) in [5.41, 5.74) is 9.99. The minimum atomic E-state index is -1.88. The summed E-state index contributed by atoms with van der Waals surface area (Å²) in [5.74, 6) is 0. The molecule has 294 valence electrons. The van der Waals surface area contributed by atoms with Crippen LogP contribution in [0.3, 0.4) is 0 Å². The van der Waals surface area contributed by atoms with Crippen LogP contribution in [0.2, 0.25) is 39.3 Å². The van der Waals surface area contributed by atoms with Gasteiger partial charge < -0.3 is 9.80 Å². The van der Waals surface area contributed by atoms with E-state index in [1.54, 1.807) is 0 Å². The zero-order valence-corrected chi connectivity index (χ0v) is 38.8. The maximum atomic E-state index is 2.55. The van der Waals surface area contributed by atoms with Crippen LogP contribution < -0.4 is 20.2 Å². The van der Waals surface area contributed by atoms with Gasteiger partial charge in [0.1, 0.15) is 0 Å². The fourth-order valence-corrected chi connectivity index (χ4v) is 12.0. The quantitative estimate of drug-likeness (QED) is 0.112. The van der Waals surface area contributed by atoms with E-state index in [1.807, 2.05) is 0 Å². The minimum Gasteiger partial charge on any atom is -0.310 e. The summed E-state index contributed by atoms with van der Waals surface area (Å²) in [6.45, 7) is 28.8. The van der Waals surface area contributed by atoms with Gasteiger partial charge in [-0.1, -0.05) is 176 Å². The molecule has 0 N–H and O–H groups in total. The Morgan fingerprint density at radius 3 is 0.931 bits per heavy atom. The highest BCUT2D eigenvalue weighted by Gasteiger charge is 2.30. The number of rotatable bonds is 8. The van der Waals surface area contributed by atoms with Crippen molar-refractivity contribution in [2.75, 3.05) is 9.80 Å². The third kappa shape index (κ3) is 7.15. The minimum absolute atomic E-state index is 0.0716. The van der Waals surface area contributed by atoms with Crippen molar-refractivity contribution >= 4 is 93.0 Å². The van der Waals surface area contributed by atoms with E-state index < -0.39 is 16.1 Å². The molecule has 0 heterocycles. The smallest absolute Gasteiger partial charge is 0.0785 e. The molecule has 0 unspecified atom stereocenters. The maximum Gasteiger partial charge on any atom is 0.0785 e. The molecule has 0 fully saturated rings. The Balaban J connectivity index is 1.51. The molecule has 0 saturated heterocycles. The van der Waals surface area contributed by atoms with Crippen LogP contribution in [-0.2, 0) is 10.8 Å². The van der Waals surface area contributed by atoms with Crippen molar-refractivity contribution in [2.45, 2.75) is 91.7 Å². The van der Waals surface area contributed by atoms with Gasteiger partial charge in [0.15, 0.2) is 0 Å². The van der Waals surface area contributed by atoms with Crippen molar-refractivity contribution < 1.29 is 0 Å². The second-order valence-corrected chi connectivity index (χ2v) is 30.5. The highest BCUT2D eigenvalue weighted by atomic mass is 28.3. The summed E-state index contributed by atoms with van der Waals surface area (Å²) < 4.78 is 0. The average Bonchev–Trinajstić information content (AvgIpc) is 3.17. The molecule has 0 bridgehead atoms.